The number of rotatable bonds is 5. The summed E-state index contributed by atoms with van der Waals surface area (Å²) in [5.41, 5.74) is 2.29. The summed E-state index contributed by atoms with van der Waals surface area (Å²) in [5, 5.41) is 3.44. The Balaban J connectivity index is 0.00000192. The maximum atomic E-state index is 5.88. The highest BCUT2D eigenvalue weighted by atomic mass is 35.5. The van der Waals surface area contributed by atoms with Crippen molar-refractivity contribution in [2.24, 2.45) is 0 Å². The van der Waals surface area contributed by atoms with Crippen molar-refractivity contribution in [1.82, 2.24) is 5.32 Å². The number of methoxy groups -OCH3 is 1. The van der Waals surface area contributed by atoms with Gasteiger partial charge in [-0.3, -0.25) is 0 Å². The maximum Gasteiger partial charge on any atom is 0.161 e. The van der Waals surface area contributed by atoms with Gasteiger partial charge in [0.05, 0.1) is 26.4 Å². The van der Waals surface area contributed by atoms with Gasteiger partial charge in [-0.05, 0) is 23.3 Å². The first-order chi connectivity index (χ1) is 10.9. The van der Waals surface area contributed by atoms with E-state index in [0.717, 1.165) is 35.8 Å². The molecule has 0 spiro atoms. The average molecular weight is 336 g/mol. The largest absolute Gasteiger partial charge is 0.493 e. The summed E-state index contributed by atoms with van der Waals surface area (Å²) in [4.78, 5) is 0. The van der Waals surface area contributed by atoms with Crippen molar-refractivity contribution in [2.75, 3.05) is 26.9 Å². The second-order valence-electron chi connectivity index (χ2n) is 5.27. The van der Waals surface area contributed by atoms with E-state index in [0.29, 0.717) is 13.2 Å². The summed E-state index contributed by atoms with van der Waals surface area (Å²) in [6.45, 7) is 2.86. The number of hydrogen-bond donors (Lipinski definition) is 1. The minimum absolute atomic E-state index is 0. The summed E-state index contributed by atoms with van der Waals surface area (Å²) in [6.07, 6.45) is 0. The van der Waals surface area contributed by atoms with E-state index >= 15 is 0 Å². The van der Waals surface area contributed by atoms with E-state index in [2.05, 4.69) is 11.4 Å². The molecule has 1 N–H and O–H groups in total. The standard InChI is InChI=1S/C18H21NO3.ClH/c1-20-18-11-15(16-13-21-10-9-19-16)7-8-17(18)22-12-14-5-3-2-4-6-14;/h2-8,11,16,19H,9-10,12-13H2,1H3;1H/t16-;/m0./s1. The lowest BCUT2D eigenvalue weighted by Gasteiger charge is -2.24. The van der Waals surface area contributed by atoms with Gasteiger partial charge in [-0.15, -0.1) is 12.4 Å². The third kappa shape index (κ3) is 4.61. The van der Waals surface area contributed by atoms with E-state index in [-0.39, 0.29) is 18.4 Å². The van der Waals surface area contributed by atoms with Crippen LogP contribution in [0, 0.1) is 0 Å². The van der Waals surface area contributed by atoms with E-state index < -0.39 is 0 Å². The van der Waals surface area contributed by atoms with Crippen LogP contribution in [-0.2, 0) is 11.3 Å². The Hall–Kier alpha value is -1.75. The molecule has 23 heavy (non-hydrogen) atoms. The van der Waals surface area contributed by atoms with Gasteiger partial charge < -0.3 is 19.5 Å². The zero-order valence-corrected chi connectivity index (χ0v) is 14.0. The summed E-state index contributed by atoms with van der Waals surface area (Å²) in [6, 6.07) is 16.4. The van der Waals surface area contributed by atoms with Crippen molar-refractivity contribution in [3.8, 4) is 11.5 Å². The number of nitrogens with one attached hydrogen (secondary N) is 1. The summed E-state index contributed by atoms with van der Waals surface area (Å²) in [5.74, 6) is 1.51. The Morgan fingerprint density at radius 1 is 1.13 bits per heavy atom. The fourth-order valence-electron chi connectivity index (χ4n) is 2.53. The fourth-order valence-corrected chi connectivity index (χ4v) is 2.53. The first-order valence-electron chi connectivity index (χ1n) is 7.52. The molecule has 4 nitrogen and oxygen atoms in total. The molecule has 0 aromatic heterocycles. The van der Waals surface area contributed by atoms with Gasteiger partial charge in [-0.1, -0.05) is 36.4 Å². The molecular formula is C18H22ClNO3. The Bertz CT molecular complexity index is 600. The smallest absolute Gasteiger partial charge is 0.161 e. The molecule has 5 heteroatoms. The molecule has 0 radical (unpaired) electrons. The Morgan fingerprint density at radius 2 is 1.96 bits per heavy atom. The molecule has 1 atom stereocenters. The number of halogens is 1. The van der Waals surface area contributed by atoms with Crippen LogP contribution in [0.3, 0.4) is 0 Å². The number of ether oxygens (including phenoxy) is 3. The minimum atomic E-state index is 0. The van der Waals surface area contributed by atoms with Crippen molar-refractivity contribution in [1.29, 1.82) is 0 Å². The van der Waals surface area contributed by atoms with Gasteiger partial charge in [-0.2, -0.15) is 0 Å². The Kier molecular flexibility index (Phi) is 6.71. The van der Waals surface area contributed by atoms with Crippen LogP contribution in [0.15, 0.2) is 48.5 Å². The van der Waals surface area contributed by atoms with Crippen LogP contribution in [0.5, 0.6) is 11.5 Å². The lowest BCUT2D eigenvalue weighted by Crippen LogP contribution is -2.34. The third-order valence-electron chi connectivity index (χ3n) is 3.75. The molecule has 0 aliphatic carbocycles. The van der Waals surface area contributed by atoms with Crippen LogP contribution in [0.2, 0.25) is 0 Å². The monoisotopic (exact) mass is 335 g/mol. The van der Waals surface area contributed by atoms with E-state index in [1.807, 2.05) is 42.5 Å². The zero-order valence-electron chi connectivity index (χ0n) is 13.2. The van der Waals surface area contributed by atoms with E-state index in [4.69, 9.17) is 14.2 Å². The zero-order chi connectivity index (χ0) is 15.2. The molecule has 0 saturated carbocycles. The van der Waals surface area contributed by atoms with Crippen molar-refractivity contribution in [3.05, 3.63) is 59.7 Å². The molecule has 2 aromatic carbocycles. The van der Waals surface area contributed by atoms with Crippen LogP contribution < -0.4 is 14.8 Å². The Morgan fingerprint density at radius 3 is 2.65 bits per heavy atom. The number of hydrogen-bond acceptors (Lipinski definition) is 4. The summed E-state index contributed by atoms with van der Waals surface area (Å²) in [7, 11) is 1.67. The summed E-state index contributed by atoms with van der Waals surface area (Å²) >= 11 is 0. The van der Waals surface area contributed by atoms with Gasteiger partial charge in [0.15, 0.2) is 11.5 Å². The fraction of sp³-hybridized carbons (Fsp3) is 0.333. The molecule has 1 heterocycles. The molecule has 1 saturated heterocycles. The normalized spacial score (nSPS) is 17.2. The first-order valence-corrected chi connectivity index (χ1v) is 7.52. The molecule has 1 fully saturated rings. The second-order valence-corrected chi connectivity index (χ2v) is 5.27. The second kappa shape index (κ2) is 8.77. The SMILES string of the molecule is COc1cc([C@@H]2COCCN2)ccc1OCc1ccccc1.Cl. The predicted molar refractivity (Wildman–Crippen MR) is 92.6 cm³/mol. The lowest BCUT2D eigenvalue weighted by molar-refractivity contribution is 0.0768. The molecule has 124 valence electrons. The van der Waals surface area contributed by atoms with E-state index in [9.17, 15) is 0 Å². The van der Waals surface area contributed by atoms with Crippen molar-refractivity contribution < 1.29 is 14.2 Å². The first kappa shape index (κ1) is 17.6. The van der Waals surface area contributed by atoms with Gasteiger partial charge in [-0.25, -0.2) is 0 Å². The van der Waals surface area contributed by atoms with Crippen LogP contribution in [0.25, 0.3) is 0 Å². The topological polar surface area (TPSA) is 39.7 Å². The highest BCUT2D eigenvalue weighted by Crippen LogP contribution is 2.31. The summed E-state index contributed by atoms with van der Waals surface area (Å²) < 4.78 is 16.9. The number of benzene rings is 2. The molecule has 1 aliphatic rings. The molecule has 1 aliphatic heterocycles. The van der Waals surface area contributed by atoms with Crippen molar-refractivity contribution >= 4 is 12.4 Å². The van der Waals surface area contributed by atoms with Gasteiger partial charge in [0.25, 0.3) is 0 Å². The van der Waals surface area contributed by atoms with Crippen LogP contribution in [-0.4, -0.2) is 26.9 Å². The van der Waals surface area contributed by atoms with Crippen LogP contribution in [0.4, 0.5) is 0 Å². The molecular weight excluding hydrogens is 314 g/mol. The maximum absolute atomic E-state index is 5.88. The molecule has 0 unspecified atom stereocenters. The van der Waals surface area contributed by atoms with E-state index in [1.54, 1.807) is 7.11 Å². The minimum Gasteiger partial charge on any atom is -0.493 e. The predicted octanol–water partition coefficient (Wildman–Crippen LogP) is 3.36. The van der Waals surface area contributed by atoms with Gasteiger partial charge in [0.2, 0.25) is 0 Å². The van der Waals surface area contributed by atoms with Crippen LogP contribution >= 0.6 is 12.4 Å². The lowest BCUT2D eigenvalue weighted by atomic mass is 10.1. The van der Waals surface area contributed by atoms with Crippen LogP contribution in [0.1, 0.15) is 17.2 Å². The average Bonchev–Trinajstić information content (AvgIpc) is 2.61. The van der Waals surface area contributed by atoms with Crippen molar-refractivity contribution in [2.45, 2.75) is 12.6 Å². The van der Waals surface area contributed by atoms with Crippen molar-refractivity contribution in [3.63, 3.8) is 0 Å². The third-order valence-corrected chi connectivity index (χ3v) is 3.75. The van der Waals surface area contributed by atoms with Gasteiger partial charge >= 0.3 is 0 Å². The molecule has 0 bridgehead atoms. The van der Waals surface area contributed by atoms with Gasteiger partial charge in [0, 0.05) is 6.54 Å². The quantitative estimate of drug-likeness (QED) is 0.909. The molecule has 0 amide bonds. The van der Waals surface area contributed by atoms with Gasteiger partial charge in [0.1, 0.15) is 6.61 Å². The molecule has 3 rings (SSSR count). The van der Waals surface area contributed by atoms with E-state index in [1.165, 1.54) is 0 Å². The highest BCUT2D eigenvalue weighted by Gasteiger charge is 2.17. The highest BCUT2D eigenvalue weighted by molar-refractivity contribution is 5.85. The number of morpholine rings is 1. The Labute approximate surface area is 143 Å². The molecule has 2 aromatic rings.